The number of hydrogen-bond donors (Lipinski definition) is 1. The zero-order valence-corrected chi connectivity index (χ0v) is 13.7. The fourth-order valence-electron chi connectivity index (χ4n) is 2.66. The van der Waals surface area contributed by atoms with E-state index in [1.54, 1.807) is 6.07 Å². The monoisotopic (exact) mass is 319 g/mol. The van der Waals surface area contributed by atoms with E-state index in [-0.39, 0.29) is 0 Å². The minimum absolute atomic E-state index is 0.456. The summed E-state index contributed by atoms with van der Waals surface area (Å²) in [6, 6.07) is 3.99. The van der Waals surface area contributed by atoms with Gasteiger partial charge in [0.05, 0.1) is 20.8 Å². The molecule has 0 spiro atoms. The molecule has 1 aromatic rings. The molecule has 1 aromatic carbocycles. The average Bonchev–Trinajstić information content (AvgIpc) is 2.48. The van der Waals surface area contributed by atoms with Gasteiger partial charge in [-0.1, -0.05) is 55.1 Å². The quantitative estimate of drug-likeness (QED) is 0.490. The summed E-state index contributed by atoms with van der Waals surface area (Å²) in [5, 5.41) is 5.20. The Morgan fingerprint density at radius 1 is 1.00 bits per heavy atom. The molecule has 0 heterocycles. The van der Waals surface area contributed by atoms with Gasteiger partial charge in [-0.15, -0.1) is 0 Å². The molecule has 0 aliphatic heterocycles. The first kappa shape index (κ1) is 15.3. The SMILES string of the molecule is CC1(C)CCCC(Nc2cc(Cl)c(Cl)cc2Cl)CC1. The summed E-state index contributed by atoms with van der Waals surface area (Å²) >= 11 is 18.2. The number of anilines is 1. The molecular weight excluding hydrogens is 301 g/mol. The van der Waals surface area contributed by atoms with E-state index in [1.165, 1.54) is 32.1 Å². The van der Waals surface area contributed by atoms with Gasteiger partial charge in [-0.3, -0.25) is 0 Å². The van der Waals surface area contributed by atoms with Crippen molar-refractivity contribution in [3.05, 3.63) is 27.2 Å². The highest BCUT2D eigenvalue weighted by atomic mass is 35.5. The van der Waals surface area contributed by atoms with Crippen molar-refractivity contribution in [1.82, 2.24) is 0 Å². The summed E-state index contributed by atoms with van der Waals surface area (Å²) in [6.07, 6.45) is 6.14. The molecular formula is C15H20Cl3N. The van der Waals surface area contributed by atoms with Crippen LogP contribution < -0.4 is 5.32 Å². The second-order valence-electron chi connectivity index (χ2n) is 6.18. The third-order valence-electron chi connectivity index (χ3n) is 3.95. The van der Waals surface area contributed by atoms with Gasteiger partial charge in [0, 0.05) is 6.04 Å². The van der Waals surface area contributed by atoms with E-state index < -0.39 is 0 Å². The molecule has 19 heavy (non-hydrogen) atoms. The van der Waals surface area contributed by atoms with Gasteiger partial charge >= 0.3 is 0 Å². The summed E-state index contributed by atoms with van der Waals surface area (Å²) in [5.74, 6) is 0. The fourth-order valence-corrected chi connectivity index (χ4v) is 3.26. The standard InChI is InChI=1S/C15H20Cl3N/c1-15(2)6-3-4-10(5-7-15)19-14-9-12(17)11(16)8-13(14)18/h8-10,19H,3-7H2,1-2H3. The Kier molecular flexibility index (Phi) is 4.92. The van der Waals surface area contributed by atoms with Gasteiger partial charge in [-0.05, 0) is 43.2 Å². The molecule has 0 radical (unpaired) electrons. The molecule has 106 valence electrons. The predicted octanol–water partition coefficient (Wildman–Crippen LogP) is 6.42. The van der Waals surface area contributed by atoms with Crippen LogP contribution in [0.2, 0.25) is 15.1 Å². The maximum Gasteiger partial charge on any atom is 0.0653 e. The molecule has 1 nitrogen and oxygen atoms in total. The number of benzene rings is 1. The van der Waals surface area contributed by atoms with E-state index in [2.05, 4.69) is 19.2 Å². The topological polar surface area (TPSA) is 12.0 Å². The molecule has 1 fully saturated rings. The van der Waals surface area contributed by atoms with E-state index in [4.69, 9.17) is 34.8 Å². The van der Waals surface area contributed by atoms with Crippen molar-refractivity contribution in [3.63, 3.8) is 0 Å². The highest BCUT2D eigenvalue weighted by Gasteiger charge is 2.24. The molecule has 0 amide bonds. The molecule has 0 aromatic heterocycles. The van der Waals surface area contributed by atoms with E-state index in [0.717, 1.165) is 5.69 Å². The average molecular weight is 321 g/mol. The van der Waals surface area contributed by atoms with Gasteiger partial charge in [0.1, 0.15) is 0 Å². The zero-order valence-electron chi connectivity index (χ0n) is 11.4. The van der Waals surface area contributed by atoms with Crippen LogP contribution >= 0.6 is 34.8 Å². The van der Waals surface area contributed by atoms with Crippen LogP contribution in [0.3, 0.4) is 0 Å². The number of halogens is 3. The number of hydrogen-bond acceptors (Lipinski definition) is 1. The first-order valence-electron chi connectivity index (χ1n) is 6.78. The van der Waals surface area contributed by atoms with Crippen LogP contribution in [0.4, 0.5) is 5.69 Å². The highest BCUT2D eigenvalue weighted by molar-refractivity contribution is 6.44. The van der Waals surface area contributed by atoms with Gasteiger partial charge in [-0.25, -0.2) is 0 Å². The van der Waals surface area contributed by atoms with E-state index in [0.29, 0.717) is 26.5 Å². The molecule has 0 bridgehead atoms. The largest absolute Gasteiger partial charge is 0.381 e. The van der Waals surface area contributed by atoms with Crippen molar-refractivity contribution in [2.75, 3.05) is 5.32 Å². The van der Waals surface area contributed by atoms with Crippen LogP contribution in [0, 0.1) is 5.41 Å². The van der Waals surface area contributed by atoms with Gasteiger partial charge < -0.3 is 5.32 Å². The predicted molar refractivity (Wildman–Crippen MR) is 85.7 cm³/mol. The van der Waals surface area contributed by atoms with Gasteiger partial charge in [0.15, 0.2) is 0 Å². The lowest BCUT2D eigenvalue weighted by Gasteiger charge is -2.22. The van der Waals surface area contributed by atoms with Crippen LogP contribution in [-0.2, 0) is 0 Å². The molecule has 2 rings (SSSR count). The van der Waals surface area contributed by atoms with Crippen LogP contribution in [0.15, 0.2) is 12.1 Å². The number of nitrogens with one attached hydrogen (secondary N) is 1. The lowest BCUT2D eigenvalue weighted by molar-refractivity contribution is 0.313. The van der Waals surface area contributed by atoms with Crippen LogP contribution in [-0.4, -0.2) is 6.04 Å². The van der Waals surface area contributed by atoms with Crippen LogP contribution in [0.1, 0.15) is 46.0 Å². The molecule has 1 unspecified atom stereocenters. The Hall–Kier alpha value is -0.110. The maximum atomic E-state index is 6.21. The molecule has 1 aliphatic rings. The molecule has 4 heteroatoms. The van der Waals surface area contributed by atoms with Gasteiger partial charge in [0.25, 0.3) is 0 Å². The van der Waals surface area contributed by atoms with Crippen molar-refractivity contribution < 1.29 is 0 Å². The Morgan fingerprint density at radius 2 is 1.68 bits per heavy atom. The van der Waals surface area contributed by atoms with Crippen molar-refractivity contribution in [2.45, 2.75) is 52.0 Å². The smallest absolute Gasteiger partial charge is 0.0653 e. The summed E-state index contributed by atoms with van der Waals surface area (Å²) in [5.41, 5.74) is 1.35. The van der Waals surface area contributed by atoms with Crippen LogP contribution in [0.5, 0.6) is 0 Å². The summed E-state index contributed by atoms with van der Waals surface area (Å²) in [4.78, 5) is 0. The summed E-state index contributed by atoms with van der Waals surface area (Å²) in [6.45, 7) is 4.70. The van der Waals surface area contributed by atoms with Gasteiger partial charge in [0.2, 0.25) is 0 Å². The third-order valence-corrected chi connectivity index (χ3v) is 4.98. The Bertz CT molecular complexity index is 457. The van der Waals surface area contributed by atoms with Crippen molar-refractivity contribution in [1.29, 1.82) is 0 Å². The minimum Gasteiger partial charge on any atom is -0.381 e. The second kappa shape index (κ2) is 6.11. The summed E-state index contributed by atoms with van der Waals surface area (Å²) < 4.78 is 0. The van der Waals surface area contributed by atoms with Crippen molar-refractivity contribution >= 4 is 40.5 Å². The lowest BCUT2D eigenvalue weighted by atomic mass is 9.85. The highest BCUT2D eigenvalue weighted by Crippen LogP contribution is 2.37. The molecule has 1 atom stereocenters. The summed E-state index contributed by atoms with van der Waals surface area (Å²) in [7, 11) is 0. The molecule has 0 saturated heterocycles. The number of rotatable bonds is 2. The van der Waals surface area contributed by atoms with E-state index in [1.807, 2.05) is 6.07 Å². The first-order chi connectivity index (χ1) is 8.87. The van der Waals surface area contributed by atoms with Crippen molar-refractivity contribution in [3.8, 4) is 0 Å². The second-order valence-corrected chi connectivity index (χ2v) is 7.40. The van der Waals surface area contributed by atoms with Crippen molar-refractivity contribution in [2.24, 2.45) is 5.41 Å². The maximum absolute atomic E-state index is 6.21. The fraction of sp³-hybridized carbons (Fsp3) is 0.600. The lowest BCUT2D eigenvalue weighted by Crippen LogP contribution is -2.19. The Labute approximate surface area is 130 Å². The third kappa shape index (κ3) is 4.18. The van der Waals surface area contributed by atoms with E-state index >= 15 is 0 Å². The molecule has 1 aliphatic carbocycles. The van der Waals surface area contributed by atoms with E-state index in [9.17, 15) is 0 Å². The molecule has 1 saturated carbocycles. The van der Waals surface area contributed by atoms with Crippen LogP contribution in [0.25, 0.3) is 0 Å². The molecule has 1 N–H and O–H groups in total. The van der Waals surface area contributed by atoms with Gasteiger partial charge in [-0.2, -0.15) is 0 Å². The first-order valence-corrected chi connectivity index (χ1v) is 7.92. The minimum atomic E-state index is 0.456. The zero-order chi connectivity index (χ0) is 14.0. The normalized spacial score (nSPS) is 22.9. The Morgan fingerprint density at radius 3 is 2.42 bits per heavy atom. The Balaban J connectivity index is 2.07.